The highest BCUT2D eigenvalue weighted by molar-refractivity contribution is 5.75. The van der Waals surface area contributed by atoms with E-state index < -0.39 is 0 Å². The quantitative estimate of drug-likeness (QED) is 0.630. The van der Waals surface area contributed by atoms with Crippen LogP contribution < -0.4 is 16.2 Å². The minimum absolute atomic E-state index is 0.00861. The summed E-state index contributed by atoms with van der Waals surface area (Å²) in [5.41, 5.74) is 12.0. The Kier molecular flexibility index (Phi) is 5.94. The topological polar surface area (TPSA) is 72.5 Å². The van der Waals surface area contributed by atoms with Crippen molar-refractivity contribution in [3.8, 4) is 0 Å². The standard InChI is InChI=1S/C27H33FN6O/c1-17-14-18(10-12-29-17)26-21-16-33(13-11-23(21)31-32-26)27(35)30-24-8-6-20-7-9-25(24)34(20)15-19-4-2-3-5-22(19)28/h2-5,10,12,14,20,24-26,31-32H,6-9,11,13,15-16H2,1H3,(H,30,35)/t20-,24-,25-,26?/m0/s1. The van der Waals surface area contributed by atoms with Crippen LogP contribution in [0.4, 0.5) is 9.18 Å². The number of piperidine rings is 1. The van der Waals surface area contributed by atoms with E-state index in [0.29, 0.717) is 25.7 Å². The smallest absolute Gasteiger partial charge is 0.317 e. The number of carbonyl (C=O) groups excluding carboxylic acids is 1. The highest BCUT2D eigenvalue weighted by Crippen LogP contribution is 2.38. The van der Waals surface area contributed by atoms with E-state index in [2.05, 4.69) is 32.1 Å². The van der Waals surface area contributed by atoms with E-state index in [9.17, 15) is 9.18 Å². The van der Waals surface area contributed by atoms with Crippen LogP contribution in [0.2, 0.25) is 0 Å². The van der Waals surface area contributed by atoms with Crippen molar-refractivity contribution < 1.29 is 9.18 Å². The van der Waals surface area contributed by atoms with Gasteiger partial charge in [-0.3, -0.25) is 9.88 Å². The number of aromatic nitrogens is 1. The Hall–Kier alpha value is -2.97. The number of pyridine rings is 1. The van der Waals surface area contributed by atoms with Gasteiger partial charge in [0.1, 0.15) is 5.82 Å². The summed E-state index contributed by atoms with van der Waals surface area (Å²) in [6, 6.07) is 12.1. The Bertz CT molecular complexity index is 1150. The van der Waals surface area contributed by atoms with Crippen molar-refractivity contribution in [3.05, 3.63) is 76.5 Å². The van der Waals surface area contributed by atoms with Crippen LogP contribution in [0.25, 0.3) is 0 Å². The SMILES string of the molecule is Cc1cc(C2NNC3=C2CN(C(=O)N[C@H]2CC[C@H]4CC[C@@H]2N4Cc2ccccc2F)CC3)ccn1. The Balaban J connectivity index is 1.13. The molecule has 5 heterocycles. The fourth-order valence-corrected chi connectivity index (χ4v) is 6.41. The molecule has 2 saturated heterocycles. The zero-order valence-corrected chi connectivity index (χ0v) is 20.1. The number of nitrogens with zero attached hydrogens (tertiary/aromatic N) is 3. The average molecular weight is 477 g/mol. The molecule has 4 atom stereocenters. The molecule has 2 amide bonds. The van der Waals surface area contributed by atoms with E-state index in [1.54, 1.807) is 6.07 Å². The van der Waals surface area contributed by atoms with Crippen LogP contribution in [0.15, 0.2) is 53.9 Å². The van der Waals surface area contributed by atoms with Crippen LogP contribution in [0.5, 0.6) is 0 Å². The van der Waals surface area contributed by atoms with E-state index in [1.807, 2.05) is 36.2 Å². The molecular formula is C27H33FN6O. The fourth-order valence-electron chi connectivity index (χ4n) is 6.41. The second-order valence-electron chi connectivity index (χ2n) is 10.3. The summed E-state index contributed by atoms with van der Waals surface area (Å²) in [7, 11) is 0. The van der Waals surface area contributed by atoms with E-state index in [-0.39, 0.29) is 30.0 Å². The lowest BCUT2D eigenvalue weighted by molar-refractivity contribution is 0.0982. The first-order valence-corrected chi connectivity index (χ1v) is 12.8. The van der Waals surface area contributed by atoms with Gasteiger partial charge >= 0.3 is 6.03 Å². The Morgan fingerprint density at radius 2 is 2.06 bits per heavy atom. The van der Waals surface area contributed by atoms with Gasteiger partial charge in [0.05, 0.1) is 6.04 Å². The highest BCUT2D eigenvalue weighted by atomic mass is 19.1. The van der Waals surface area contributed by atoms with Gasteiger partial charge in [-0.15, -0.1) is 0 Å². The normalized spacial score (nSPS) is 28.1. The number of aryl methyl sites for hydroxylation is 1. The number of hydrogen-bond acceptors (Lipinski definition) is 5. The summed E-state index contributed by atoms with van der Waals surface area (Å²) >= 11 is 0. The molecule has 184 valence electrons. The molecule has 4 aliphatic rings. The molecular weight excluding hydrogens is 443 g/mol. The first kappa shape index (κ1) is 22.5. The van der Waals surface area contributed by atoms with Gasteiger partial charge in [-0.1, -0.05) is 18.2 Å². The molecule has 4 aliphatic heterocycles. The first-order chi connectivity index (χ1) is 17.1. The summed E-state index contributed by atoms with van der Waals surface area (Å²) < 4.78 is 14.3. The van der Waals surface area contributed by atoms with E-state index in [0.717, 1.165) is 48.9 Å². The summed E-state index contributed by atoms with van der Waals surface area (Å²) in [5, 5.41) is 3.37. The molecule has 1 aromatic carbocycles. The number of benzene rings is 1. The predicted octanol–water partition coefficient (Wildman–Crippen LogP) is 3.54. The Labute approximate surface area is 205 Å². The lowest BCUT2D eigenvalue weighted by Crippen LogP contribution is -2.57. The molecule has 0 saturated carbocycles. The number of fused-ring (bicyclic) bond motifs is 2. The maximum absolute atomic E-state index is 14.3. The van der Waals surface area contributed by atoms with Crippen LogP contribution in [-0.4, -0.2) is 52.0 Å². The number of hydrogen-bond donors (Lipinski definition) is 3. The molecule has 2 aromatic rings. The van der Waals surface area contributed by atoms with Gasteiger partial charge in [0, 0.05) is 67.3 Å². The molecule has 35 heavy (non-hydrogen) atoms. The van der Waals surface area contributed by atoms with Gasteiger partial charge in [-0.2, -0.15) is 0 Å². The number of rotatable bonds is 4. The number of halogens is 1. The lowest BCUT2D eigenvalue weighted by atomic mass is 9.95. The third kappa shape index (κ3) is 4.29. The molecule has 6 rings (SSSR count). The highest BCUT2D eigenvalue weighted by Gasteiger charge is 2.43. The molecule has 2 bridgehead atoms. The molecule has 0 spiro atoms. The largest absolute Gasteiger partial charge is 0.334 e. The number of urea groups is 1. The van der Waals surface area contributed by atoms with Crippen molar-refractivity contribution in [1.82, 2.24) is 31.0 Å². The third-order valence-electron chi connectivity index (χ3n) is 8.22. The van der Waals surface area contributed by atoms with Crippen molar-refractivity contribution >= 4 is 6.03 Å². The molecule has 1 unspecified atom stereocenters. The third-order valence-corrected chi connectivity index (χ3v) is 8.22. The van der Waals surface area contributed by atoms with Gasteiger partial charge in [0.25, 0.3) is 0 Å². The minimum Gasteiger partial charge on any atom is -0.334 e. The first-order valence-electron chi connectivity index (χ1n) is 12.8. The zero-order chi connectivity index (χ0) is 23.9. The maximum atomic E-state index is 14.3. The fraction of sp³-hybridized carbons (Fsp3) is 0.481. The summed E-state index contributed by atoms with van der Waals surface area (Å²) in [4.78, 5) is 22.1. The number of nitrogens with one attached hydrogen (secondary N) is 3. The molecule has 1 aromatic heterocycles. The predicted molar refractivity (Wildman–Crippen MR) is 132 cm³/mol. The van der Waals surface area contributed by atoms with Crippen LogP contribution in [0.3, 0.4) is 0 Å². The second kappa shape index (κ2) is 9.24. The Morgan fingerprint density at radius 3 is 2.91 bits per heavy atom. The number of carbonyl (C=O) groups is 1. The lowest BCUT2D eigenvalue weighted by Gasteiger charge is -2.41. The number of amides is 2. The van der Waals surface area contributed by atoms with Crippen molar-refractivity contribution in [3.63, 3.8) is 0 Å². The van der Waals surface area contributed by atoms with Gasteiger partial charge in [0.2, 0.25) is 0 Å². The molecule has 0 aliphatic carbocycles. The van der Waals surface area contributed by atoms with Gasteiger partial charge in [-0.05, 0) is 61.9 Å². The maximum Gasteiger partial charge on any atom is 0.317 e. The summed E-state index contributed by atoms with van der Waals surface area (Å²) in [5.74, 6) is -0.145. The van der Waals surface area contributed by atoms with Crippen LogP contribution >= 0.6 is 0 Å². The van der Waals surface area contributed by atoms with E-state index in [4.69, 9.17) is 0 Å². The van der Waals surface area contributed by atoms with Gasteiger partial charge in [-0.25, -0.2) is 14.6 Å². The van der Waals surface area contributed by atoms with Crippen molar-refractivity contribution in [2.45, 2.75) is 69.7 Å². The van der Waals surface area contributed by atoms with Crippen molar-refractivity contribution in [2.24, 2.45) is 0 Å². The van der Waals surface area contributed by atoms with E-state index >= 15 is 0 Å². The molecule has 3 N–H and O–H groups in total. The molecule has 2 fully saturated rings. The Morgan fingerprint density at radius 1 is 1.20 bits per heavy atom. The van der Waals surface area contributed by atoms with Crippen LogP contribution in [0.1, 0.15) is 55.0 Å². The van der Waals surface area contributed by atoms with Gasteiger partial charge in [0.15, 0.2) is 0 Å². The van der Waals surface area contributed by atoms with Crippen LogP contribution in [0, 0.1) is 12.7 Å². The monoisotopic (exact) mass is 476 g/mol. The van der Waals surface area contributed by atoms with Gasteiger partial charge < -0.3 is 15.6 Å². The zero-order valence-electron chi connectivity index (χ0n) is 20.1. The average Bonchev–Trinajstić information content (AvgIpc) is 3.40. The second-order valence-corrected chi connectivity index (χ2v) is 10.3. The summed E-state index contributed by atoms with van der Waals surface area (Å²) in [6.07, 6.45) is 6.85. The van der Waals surface area contributed by atoms with Crippen molar-refractivity contribution in [1.29, 1.82) is 0 Å². The summed E-state index contributed by atoms with van der Waals surface area (Å²) in [6.45, 7) is 3.90. The van der Waals surface area contributed by atoms with E-state index in [1.165, 1.54) is 17.3 Å². The van der Waals surface area contributed by atoms with Crippen LogP contribution in [-0.2, 0) is 6.54 Å². The minimum atomic E-state index is -0.145. The number of hydrazine groups is 1. The molecule has 8 heteroatoms. The molecule has 0 radical (unpaired) electrons. The molecule has 7 nitrogen and oxygen atoms in total. The van der Waals surface area contributed by atoms with Crippen molar-refractivity contribution in [2.75, 3.05) is 13.1 Å².